The van der Waals surface area contributed by atoms with Gasteiger partial charge in [0.25, 0.3) is 11.5 Å². The van der Waals surface area contributed by atoms with Crippen LogP contribution in [0, 0.1) is 0 Å². The molecule has 1 aromatic heterocycles. The summed E-state index contributed by atoms with van der Waals surface area (Å²) >= 11 is 0. The molecule has 7 nitrogen and oxygen atoms in total. The molecule has 2 heterocycles. The minimum atomic E-state index is -0.587. The largest absolute Gasteiger partial charge is 0.452 e. The van der Waals surface area contributed by atoms with Crippen LogP contribution in [0.5, 0.6) is 0 Å². The lowest BCUT2D eigenvalue weighted by Crippen LogP contribution is -2.34. The molecule has 4 rings (SSSR count). The van der Waals surface area contributed by atoms with Crippen molar-refractivity contribution in [3.05, 3.63) is 51.7 Å². The smallest absolute Gasteiger partial charge is 0.338 e. The number of hydrogen-bond donors (Lipinski definition) is 0. The molecule has 0 unspecified atom stereocenters. The number of hydrogen-bond acceptors (Lipinski definition) is 5. The lowest BCUT2D eigenvalue weighted by Gasteiger charge is -2.26. The molecule has 7 heteroatoms. The van der Waals surface area contributed by atoms with E-state index in [0.717, 1.165) is 50.0 Å². The van der Waals surface area contributed by atoms with Gasteiger partial charge in [0.05, 0.1) is 16.5 Å². The molecule has 29 heavy (non-hydrogen) atoms. The van der Waals surface area contributed by atoms with E-state index < -0.39 is 5.97 Å². The first-order valence-electron chi connectivity index (χ1n) is 10.3. The van der Waals surface area contributed by atoms with Crippen molar-refractivity contribution in [2.45, 2.75) is 52.0 Å². The number of benzene rings is 1. The Morgan fingerprint density at radius 2 is 2.07 bits per heavy atom. The monoisotopic (exact) mass is 395 g/mol. The molecule has 1 aliphatic heterocycles. The van der Waals surface area contributed by atoms with Gasteiger partial charge in [0, 0.05) is 25.2 Å². The number of nitrogens with zero attached hydrogens (tertiary/aromatic N) is 3. The standard InChI is InChI=1S/C22H25N3O4/c1-2-24(16-7-4-3-5-8-16)20(26)14-29-22(28)15-10-11-17-18(13-15)23-19-9-6-12-25(19)21(17)27/h7,10-11,13H,2-6,8-9,12,14H2,1H3. The summed E-state index contributed by atoms with van der Waals surface area (Å²) in [4.78, 5) is 43.8. The third-order valence-electron chi connectivity index (χ3n) is 5.61. The van der Waals surface area contributed by atoms with Crippen molar-refractivity contribution in [1.29, 1.82) is 0 Å². The fraction of sp³-hybridized carbons (Fsp3) is 0.455. The normalized spacial score (nSPS) is 15.7. The van der Waals surface area contributed by atoms with Crippen molar-refractivity contribution in [3.8, 4) is 0 Å². The van der Waals surface area contributed by atoms with E-state index in [-0.39, 0.29) is 18.1 Å². The molecule has 0 radical (unpaired) electrons. The molecule has 0 N–H and O–H groups in total. The zero-order valence-electron chi connectivity index (χ0n) is 16.6. The van der Waals surface area contributed by atoms with Gasteiger partial charge in [-0.3, -0.25) is 14.2 Å². The third-order valence-corrected chi connectivity index (χ3v) is 5.61. The Bertz CT molecular complexity index is 1050. The third kappa shape index (κ3) is 3.81. The van der Waals surface area contributed by atoms with E-state index in [1.807, 2.05) is 6.92 Å². The molecular formula is C22H25N3O4. The van der Waals surface area contributed by atoms with E-state index in [2.05, 4.69) is 11.1 Å². The predicted molar refractivity (Wildman–Crippen MR) is 109 cm³/mol. The predicted octanol–water partition coefficient (Wildman–Crippen LogP) is 2.81. The van der Waals surface area contributed by atoms with Crippen LogP contribution in [0.4, 0.5) is 0 Å². The molecule has 0 bridgehead atoms. The molecule has 0 atom stereocenters. The molecule has 1 amide bonds. The van der Waals surface area contributed by atoms with E-state index in [4.69, 9.17) is 4.74 Å². The van der Waals surface area contributed by atoms with Crippen LogP contribution in [-0.4, -0.2) is 39.5 Å². The van der Waals surface area contributed by atoms with Crippen LogP contribution in [0.25, 0.3) is 10.9 Å². The summed E-state index contributed by atoms with van der Waals surface area (Å²) in [7, 11) is 0. The van der Waals surface area contributed by atoms with Crippen molar-refractivity contribution in [1.82, 2.24) is 14.5 Å². The summed E-state index contributed by atoms with van der Waals surface area (Å²) in [5, 5.41) is 0.490. The fourth-order valence-electron chi connectivity index (χ4n) is 4.11. The first kappa shape index (κ1) is 19.4. The maximum absolute atomic E-state index is 12.5. The molecule has 2 aliphatic rings. The SMILES string of the molecule is CCN(C(=O)COC(=O)c1ccc2c(=O)n3c(nc2c1)CCC3)C1=CCCCC1. The zero-order chi connectivity index (χ0) is 20.4. The first-order valence-corrected chi connectivity index (χ1v) is 10.3. The number of esters is 1. The van der Waals surface area contributed by atoms with Crippen LogP contribution in [0.2, 0.25) is 0 Å². The summed E-state index contributed by atoms with van der Waals surface area (Å²) in [5.41, 5.74) is 1.73. The molecule has 152 valence electrons. The Morgan fingerprint density at radius 1 is 1.21 bits per heavy atom. The van der Waals surface area contributed by atoms with Gasteiger partial charge in [0.1, 0.15) is 5.82 Å². The first-order chi connectivity index (χ1) is 14.1. The van der Waals surface area contributed by atoms with Gasteiger partial charge in [-0.2, -0.15) is 0 Å². The van der Waals surface area contributed by atoms with Crippen LogP contribution in [0.3, 0.4) is 0 Å². The minimum Gasteiger partial charge on any atom is -0.452 e. The van der Waals surface area contributed by atoms with Gasteiger partial charge >= 0.3 is 5.97 Å². The van der Waals surface area contributed by atoms with Gasteiger partial charge in [-0.25, -0.2) is 9.78 Å². The second kappa shape index (κ2) is 8.19. The van der Waals surface area contributed by atoms with Crippen molar-refractivity contribution in [3.63, 3.8) is 0 Å². The van der Waals surface area contributed by atoms with Crippen LogP contribution in [0.15, 0.2) is 34.8 Å². The summed E-state index contributed by atoms with van der Waals surface area (Å²) < 4.78 is 6.96. The van der Waals surface area contributed by atoms with Crippen molar-refractivity contribution >= 4 is 22.8 Å². The quantitative estimate of drug-likeness (QED) is 0.727. The molecule has 1 aromatic carbocycles. The Hall–Kier alpha value is -2.96. The van der Waals surface area contributed by atoms with Gasteiger partial charge in [0.15, 0.2) is 6.61 Å². The number of ether oxygens (including phenoxy) is 1. The summed E-state index contributed by atoms with van der Waals surface area (Å²) in [6, 6.07) is 4.74. The van der Waals surface area contributed by atoms with Crippen LogP contribution < -0.4 is 5.56 Å². The van der Waals surface area contributed by atoms with E-state index in [1.165, 1.54) is 0 Å². The van der Waals surface area contributed by atoms with Gasteiger partial charge < -0.3 is 9.64 Å². The lowest BCUT2D eigenvalue weighted by atomic mass is 10.0. The lowest BCUT2D eigenvalue weighted by molar-refractivity contribution is -0.132. The molecule has 2 aromatic rings. The maximum Gasteiger partial charge on any atom is 0.338 e. The van der Waals surface area contributed by atoms with Crippen molar-refractivity contribution in [2.24, 2.45) is 0 Å². The van der Waals surface area contributed by atoms with Gasteiger partial charge in [-0.15, -0.1) is 0 Å². The number of likely N-dealkylation sites (N-methyl/N-ethyl adjacent to an activating group) is 1. The Balaban J connectivity index is 1.47. The second-order valence-electron chi connectivity index (χ2n) is 7.48. The fourth-order valence-corrected chi connectivity index (χ4v) is 4.11. The second-order valence-corrected chi connectivity index (χ2v) is 7.48. The molecule has 0 spiro atoms. The van der Waals surface area contributed by atoms with Crippen molar-refractivity contribution < 1.29 is 14.3 Å². The number of allylic oxidation sites excluding steroid dienone is 2. The number of carbonyl (C=O) groups excluding carboxylic acids is 2. The van der Waals surface area contributed by atoms with Gasteiger partial charge in [0.2, 0.25) is 0 Å². The number of aryl methyl sites for hydroxylation is 1. The van der Waals surface area contributed by atoms with E-state index >= 15 is 0 Å². The molecule has 0 saturated carbocycles. The average Bonchev–Trinajstić information content (AvgIpc) is 3.22. The average molecular weight is 395 g/mol. The van der Waals surface area contributed by atoms with Gasteiger partial charge in [-0.1, -0.05) is 6.08 Å². The molecule has 1 aliphatic carbocycles. The summed E-state index contributed by atoms with van der Waals surface area (Å²) in [6.45, 7) is 2.86. The minimum absolute atomic E-state index is 0.0723. The summed E-state index contributed by atoms with van der Waals surface area (Å²) in [6.07, 6.45) is 7.84. The maximum atomic E-state index is 12.5. The van der Waals surface area contributed by atoms with Gasteiger partial charge in [-0.05, 0) is 57.2 Å². The Labute approximate surface area is 169 Å². The Morgan fingerprint density at radius 3 is 2.83 bits per heavy atom. The molecular weight excluding hydrogens is 370 g/mol. The van der Waals surface area contributed by atoms with Crippen molar-refractivity contribution in [2.75, 3.05) is 13.2 Å². The highest BCUT2D eigenvalue weighted by Gasteiger charge is 2.21. The highest BCUT2D eigenvalue weighted by atomic mass is 16.5. The van der Waals surface area contributed by atoms with E-state index in [1.54, 1.807) is 27.7 Å². The number of fused-ring (bicyclic) bond motifs is 2. The van der Waals surface area contributed by atoms with E-state index in [9.17, 15) is 14.4 Å². The highest BCUT2D eigenvalue weighted by molar-refractivity contribution is 5.95. The number of carbonyl (C=O) groups is 2. The number of rotatable bonds is 5. The highest BCUT2D eigenvalue weighted by Crippen LogP contribution is 2.21. The number of amides is 1. The summed E-state index contributed by atoms with van der Waals surface area (Å²) in [5.74, 6) is -0.0529. The molecule has 0 saturated heterocycles. The zero-order valence-corrected chi connectivity index (χ0v) is 16.6. The topological polar surface area (TPSA) is 81.5 Å². The van der Waals surface area contributed by atoms with Crippen LogP contribution >= 0.6 is 0 Å². The Kier molecular flexibility index (Phi) is 5.47. The molecule has 0 fully saturated rings. The number of aromatic nitrogens is 2. The van der Waals surface area contributed by atoms with E-state index in [0.29, 0.717) is 29.6 Å². The van der Waals surface area contributed by atoms with Crippen LogP contribution in [0.1, 0.15) is 55.2 Å². The van der Waals surface area contributed by atoms with Crippen LogP contribution in [-0.2, 0) is 22.5 Å².